The molecule has 0 aliphatic carbocycles. The van der Waals surface area contributed by atoms with E-state index >= 15 is 0 Å². The highest BCUT2D eigenvalue weighted by molar-refractivity contribution is 7.99. The highest BCUT2D eigenvalue weighted by atomic mass is 32.2. The van der Waals surface area contributed by atoms with Crippen molar-refractivity contribution in [3.8, 4) is 0 Å². The van der Waals surface area contributed by atoms with E-state index in [-0.39, 0.29) is 17.2 Å². The van der Waals surface area contributed by atoms with Gasteiger partial charge in [-0.25, -0.2) is 14.5 Å². The summed E-state index contributed by atoms with van der Waals surface area (Å²) in [6.07, 6.45) is 4.27. The Kier molecular flexibility index (Phi) is 6.69. The Morgan fingerprint density at radius 1 is 1.00 bits per heavy atom. The third-order valence-electron chi connectivity index (χ3n) is 5.15. The van der Waals surface area contributed by atoms with Gasteiger partial charge >= 0.3 is 5.69 Å². The lowest BCUT2D eigenvalue weighted by Crippen LogP contribution is -2.25. The molecule has 4 aromatic rings. The average molecular weight is 453 g/mol. The van der Waals surface area contributed by atoms with Gasteiger partial charge in [-0.05, 0) is 37.1 Å². The molecule has 0 spiro atoms. The molecule has 3 heterocycles. The van der Waals surface area contributed by atoms with Crippen LogP contribution in [0.1, 0.15) is 25.7 Å². The number of fused-ring (bicyclic) bond motifs is 2. The van der Waals surface area contributed by atoms with Crippen LogP contribution < -0.4 is 17.0 Å². The van der Waals surface area contributed by atoms with Gasteiger partial charge in [-0.15, -0.1) is 5.10 Å². The molecule has 0 unspecified atom stereocenters. The maximum Gasteiger partial charge on any atom is 0.350 e. The zero-order valence-electron chi connectivity index (χ0n) is 17.5. The summed E-state index contributed by atoms with van der Waals surface area (Å²) >= 11 is 1.43. The number of thioether (sulfide) groups is 1. The van der Waals surface area contributed by atoms with Gasteiger partial charge in [-0.1, -0.05) is 36.4 Å². The van der Waals surface area contributed by atoms with Crippen LogP contribution in [0.3, 0.4) is 0 Å². The second-order valence-electron chi connectivity index (χ2n) is 7.43. The Hall–Kier alpha value is -3.40. The molecular weight excluding hydrogens is 428 g/mol. The van der Waals surface area contributed by atoms with E-state index in [1.165, 1.54) is 20.8 Å². The van der Waals surface area contributed by atoms with Crippen LogP contribution in [0.5, 0.6) is 0 Å². The van der Waals surface area contributed by atoms with Crippen LogP contribution in [-0.4, -0.2) is 35.4 Å². The highest BCUT2D eigenvalue weighted by Gasteiger charge is 2.12. The largest absolute Gasteiger partial charge is 0.370 e. The van der Waals surface area contributed by atoms with E-state index in [2.05, 4.69) is 5.10 Å². The molecule has 9 nitrogen and oxygen atoms in total. The van der Waals surface area contributed by atoms with Gasteiger partial charge in [-0.2, -0.15) is 0 Å². The standard InChI is InChI=1S/C22H24N6O3S/c23-18(29)10-2-1-6-13-27-20(30)16-8-3-4-9-17(16)24-21(27)32-15-14-28-22(31)26-12-7-5-11-19(26)25-28/h3-5,7-9,11-12H,1-2,6,10,13-15H2,(H2,23,29). The number of carbonyl (C=O) groups is 1. The number of nitrogens with two attached hydrogens (primary N) is 1. The topological polar surface area (TPSA) is 117 Å². The SMILES string of the molecule is NC(=O)CCCCCn1c(SCCn2nc3ccccn3c2=O)nc2ccccc2c1=O. The lowest BCUT2D eigenvalue weighted by molar-refractivity contribution is -0.118. The third kappa shape index (κ3) is 4.75. The van der Waals surface area contributed by atoms with E-state index < -0.39 is 0 Å². The molecule has 1 aromatic carbocycles. The molecule has 2 N–H and O–H groups in total. The molecule has 4 rings (SSSR count). The zero-order valence-corrected chi connectivity index (χ0v) is 18.3. The molecule has 166 valence electrons. The average Bonchev–Trinajstić information content (AvgIpc) is 3.11. The Morgan fingerprint density at radius 2 is 1.81 bits per heavy atom. The molecule has 0 radical (unpaired) electrons. The summed E-state index contributed by atoms with van der Waals surface area (Å²) in [5.41, 5.74) is 6.16. The molecule has 0 fully saturated rings. The van der Waals surface area contributed by atoms with Crippen LogP contribution in [-0.2, 0) is 17.9 Å². The Labute approximate surface area is 187 Å². The summed E-state index contributed by atoms with van der Waals surface area (Å²) in [6, 6.07) is 12.7. The van der Waals surface area contributed by atoms with E-state index in [0.717, 1.165) is 12.8 Å². The molecule has 3 aromatic heterocycles. The number of hydrogen-bond donors (Lipinski definition) is 1. The van der Waals surface area contributed by atoms with Gasteiger partial charge in [0.15, 0.2) is 10.8 Å². The van der Waals surface area contributed by atoms with Crippen molar-refractivity contribution in [3.63, 3.8) is 0 Å². The van der Waals surface area contributed by atoms with Crippen LogP contribution in [0.4, 0.5) is 0 Å². The van der Waals surface area contributed by atoms with Gasteiger partial charge in [-0.3, -0.25) is 18.6 Å². The number of para-hydroxylation sites is 1. The number of primary amides is 1. The number of nitrogens with zero attached hydrogens (tertiary/aromatic N) is 5. The zero-order chi connectivity index (χ0) is 22.5. The van der Waals surface area contributed by atoms with Gasteiger partial charge < -0.3 is 5.73 Å². The first kappa shape index (κ1) is 21.8. The minimum atomic E-state index is -0.312. The second kappa shape index (κ2) is 9.82. The lowest BCUT2D eigenvalue weighted by Gasteiger charge is -2.13. The molecule has 0 atom stereocenters. The molecule has 0 saturated carbocycles. The summed E-state index contributed by atoms with van der Waals surface area (Å²) in [4.78, 5) is 41.2. The number of aromatic nitrogens is 5. The van der Waals surface area contributed by atoms with Gasteiger partial charge in [0.25, 0.3) is 5.56 Å². The summed E-state index contributed by atoms with van der Waals surface area (Å²) in [5, 5.41) is 5.53. The predicted octanol–water partition coefficient (Wildman–Crippen LogP) is 2.04. The molecule has 0 saturated heterocycles. The fourth-order valence-corrected chi connectivity index (χ4v) is 4.48. The molecule has 1 amide bonds. The van der Waals surface area contributed by atoms with Crippen LogP contribution in [0.15, 0.2) is 63.4 Å². The number of carbonyl (C=O) groups excluding carboxylic acids is 1. The van der Waals surface area contributed by atoms with Gasteiger partial charge in [0, 0.05) is 24.9 Å². The van der Waals surface area contributed by atoms with Gasteiger partial charge in [0.2, 0.25) is 5.91 Å². The van der Waals surface area contributed by atoms with Crippen molar-refractivity contribution in [2.24, 2.45) is 5.73 Å². The van der Waals surface area contributed by atoms with Crippen molar-refractivity contribution in [3.05, 3.63) is 69.5 Å². The molecular formula is C22H24N6O3S. The van der Waals surface area contributed by atoms with E-state index in [1.54, 1.807) is 29.0 Å². The Bertz CT molecular complexity index is 1370. The maximum atomic E-state index is 13.1. The summed E-state index contributed by atoms with van der Waals surface area (Å²) < 4.78 is 4.61. The van der Waals surface area contributed by atoms with Crippen LogP contribution in [0.25, 0.3) is 16.6 Å². The maximum absolute atomic E-state index is 13.1. The monoisotopic (exact) mass is 452 g/mol. The minimum Gasteiger partial charge on any atom is -0.370 e. The van der Waals surface area contributed by atoms with Crippen molar-refractivity contribution in [1.29, 1.82) is 0 Å². The fraction of sp³-hybridized carbons (Fsp3) is 0.318. The number of pyridine rings is 1. The number of aryl methyl sites for hydroxylation is 1. The van der Waals surface area contributed by atoms with Crippen molar-refractivity contribution < 1.29 is 4.79 Å². The van der Waals surface area contributed by atoms with Crippen LogP contribution >= 0.6 is 11.8 Å². The summed E-state index contributed by atoms with van der Waals surface area (Å²) in [7, 11) is 0. The second-order valence-corrected chi connectivity index (χ2v) is 8.49. The third-order valence-corrected chi connectivity index (χ3v) is 6.11. The Balaban J connectivity index is 1.52. The van der Waals surface area contributed by atoms with Crippen molar-refractivity contribution in [2.75, 3.05) is 5.75 Å². The van der Waals surface area contributed by atoms with E-state index in [9.17, 15) is 14.4 Å². The van der Waals surface area contributed by atoms with E-state index in [4.69, 9.17) is 10.7 Å². The van der Waals surface area contributed by atoms with Crippen molar-refractivity contribution in [2.45, 2.75) is 43.9 Å². The van der Waals surface area contributed by atoms with Gasteiger partial charge in [0.05, 0.1) is 17.4 Å². The van der Waals surface area contributed by atoms with E-state index in [1.807, 2.05) is 24.3 Å². The van der Waals surface area contributed by atoms with Crippen LogP contribution in [0, 0.1) is 0 Å². The van der Waals surface area contributed by atoms with Crippen molar-refractivity contribution >= 4 is 34.2 Å². The first-order valence-electron chi connectivity index (χ1n) is 10.5. The molecule has 0 aliphatic rings. The normalized spacial score (nSPS) is 11.4. The first-order chi connectivity index (χ1) is 15.5. The highest BCUT2D eigenvalue weighted by Crippen LogP contribution is 2.19. The van der Waals surface area contributed by atoms with Crippen molar-refractivity contribution in [1.82, 2.24) is 23.7 Å². The minimum absolute atomic E-state index is 0.0853. The predicted molar refractivity (Wildman–Crippen MR) is 124 cm³/mol. The quantitative estimate of drug-likeness (QED) is 0.224. The number of hydrogen-bond acceptors (Lipinski definition) is 6. The Morgan fingerprint density at radius 3 is 2.62 bits per heavy atom. The molecule has 0 bridgehead atoms. The molecule has 10 heteroatoms. The first-order valence-corrected chi connectivity index (χ1v) is 11.5. The number of rotatable bonds is 10. The summed E-state index contributed by atoms with van der Waals surface area (Å²) in [6.45, 7) is 0.901. The van der Waals surface area contributed by atoms with Gasteiger partial charge in [0.1, 0.15) is 0 Å². The molecule has 0 aliphatic heterocycles. The number of benzene rings is 1. The molecule has 32 heavy (non-hydrogen) atoms. The van der Waals surface area contributed by atoms with E-state index in [0.29, 0.717) is 53.4 Å². The fourth-order valence-electron chi connectivity index (χ4n) is 3.54. The summed E-state index contributed by atoms with van der Waals surface area (Å²) in [5.74, 6) is 0.226. The van der Waals surface area contributed by atoms with Crippen LogP contribution in [0.2, 0.25) is 0 Å². The smallest absolute Gasteiger partial charge is 0.350 e. The number of amides is 1. The number of unbranched alkanes of at least 4 members (excludes halogenated alkanes) is 2. The lowest BCUT2D eigenvalue weighted by atomic mass is 10.2.